The molecule has 1 aromatic rings. The molecule has 0 amide bonds. The van der Waals surface area contributed by atoms with E-state index < -0.39 is 10.0 Å². The van der Waals surface area contributed by atoms with Crippen LogP contribution in [0.1, 0.15) is 36.2 Å². The van der Waals surface area contributed by atoms with Gasteiger partial charge >= 0.3 is 0 Å². The zero-order valence-electron chi connectivity index (χ0n) is 11.9. The lowest BCUT2D eigenvalue weighted by Gasteiger charge is -2.32. The minimum absolute atomic E-state index is 0.0420. The summed E-state index contributed by atoms with van der Waals surface area (Å²) in [6.45, 7) is 3.16. The van der Waals surface area contributed by atoms with Crippen LogP contribution < -0.4 is 0 Å². The average molecular weight is 312 g/mol. The maximum atomic E-state index is 12.5. The Morgan fingerprint density at radius 2 is 1.90 bits per heavy atom. The van der Waals surface area contributed by atoms with Gasteiger partial charge in [-0.2, -0.15) is 4.31 Å². The van der Waals surface area contributed by atoms with Gasteiger partial charge in [0.1, 0.15) is 0 Å². The molecule has 1 unspecified atom stereocenters. The number of rotatable bonds is 4. The SMILES string of the molecule is O=Cc1ccc(S(=O)(=O)N2CCC(N3CCCCC3)C2)o1. The highest BCUT2D eigenvalue weighted by Crippen LogP contribution is 2.26. The highest BCUT2D eigenvalue weighted by Gasteiger charge is 2.36. The molecule has 3 heterocycles. The molecule has 0 aromatic carbocycles. The highest BCUT2D eigenvalue weighted by molar-refractivity contribution is 7.89. The molecule has 2 aliphatic heterocycles. The van der Waals surface area contributed by atoms with Crippen LogP contribution >= 0.6 is 0 Å². The van der Waals surface area contributed by atoms with Crippen LogP contribution in [0.2, 0.25) is 0 Å². The molecule has 21 heavy (non-hydrogen) atoms. The second-order valence-corrected chi connectivity index (χ2v) is 7.55. The minimum atomic E-state index is -3.62. The largest absolute Gasteiger partial charge is 0.440 e. The summed E-state index contributed by atoms with van der Waals surface area (Å²) in [6, 6.07) is 3.05. The van der Waals surface area contributed by atoms with Gasteiger partial charge in [-0.15, -0.1) is 0 Å². The third-order valence-electron chi connectivity index (χ3n) is 4.35. The van der Waals surface area contributed by atoms with Crippen molar-refractivity contribution in [1.82, 2.24) is 9.21 Å². The lowest BCUT2D eigenvalue weighted by atomic mass is 10.1. The number of sulfonamides is 1. The molecule has 0 saturated carbocycles. The van der Waals surface area contributed by atoms with Gasteiger partial charge in [-0.1, -0.05) is 6.42 Å². The highest BCUT2D eigenvalue weighted by atomic mass is 32.2. The molecule has 0 N–H and O–H groups in total. The molecule has 2 saturated heterocycles. The van der Waals surface area contributed by atoms with Gasteiger partial charge < -0.3 is 4.42 Å². The molecule has 6 nitrogen and oxygen atoms in total. The first-order chi connectivity index (χ1) is 10.1. The number of furan rings is 1. The van der Waals surface area contributed by atoms with Crippen LogP contribution in [-0.2, 0) is 10.0 Å². The van der Waals surface area contributed by atoms with Gasteiger partial charge in [0.15, 0.2) is 12.0 Å². The second kappa shape index (κ2) is 5.90. The zero-order valence-corrected chi connectivity index (χ0v) is 12.7. The molecule has 1 atom stereocenters. The fraction of sp³-hybridized carbons (Fsp3) is 0.643. The summed E-state index contributed by atoms with van der Waals surface area (Å²) in [6.07, 6.45) is 5.04. The van der Waals surface area contributed by atoms with Crippen LogP contribution in [0.25, 0.3) is 0 Å². The lowest BCUT2D eigenvalue weighted by Crippen LogP contribution is -2.41. The number of hydrogen-bond donors (Lipinski definition) is 0. The predicted molar refractivity (Wildman–Crippen MR) is 76.7 cm³/mol. The fourth-order valence-electron chi connectivity index (χ4n) is 3.17. The Morgan fingerprint density at radius 3 is 2.57 bits per heavy atom. The fourth-order valence-corrected chi connectivity index (χ4v) is 4.58. The van der Waals surface area contributed by atoms with Crippen LogP contribution in [0, 0.1) is 0 Å². The van der Waals surface area contributed by atoms with Crippen LogP contribution in [0.5, 0.6) is 0 Å². The van der Waals surface area contributed by atoms with Crippen molar-refractivity contribution in [3.63, 3.8) is 0 Å². The summed E-state index contributed by atoms with van der Waals surface area (Å²) in [5.41, 5.74) is 0. The number of likely N-dealkylation sites (tertiary alicyclic amines) is 1. The van der Waals surface area contributed by atoms with Gasteiger partial charge in [0.05, 0.1) is 0 Å². The Kier molecular flexibility index (Phi) is 4.14. The molecule has 0 aliphatic carbocycles. The summed E-state index contributed by atoms with van der Waals surface area (Å²) in [5, 5.41) is -0.135. The summed E-state index contributed by atoms with van der Waals surface area (Å²) in [5.74, 6) is 0.0420. The number of carbonyl (C=O) groups is 1. The Morgan fingerprint density at radius 1 is 1.14 bits per heavy atom. The van der Waals surface area contributed by atoms with E-state index in [1.807, 2.05) is 0 Å². The molecule has 3 rings (SSSR count). The third kappa shape index (κ3) is 2.90. The molecule has 2 fully saturated rings. The van der Waals surface area contributed by atoms with Gasteiger partial charge in [0.2, 0.25) is 5.09 Å². The van der Waals surface area contributed by atoms with Crippen LogP contribution in [0.3, 0.4) is 0 Å². The molecule has 2 aliphatic rings. The molecule has 0 radical (unpaired) electrons. The molecule has 0 spiro atoms. The van der Waals surface area contributed by atoms with Gasteiger partial charge in [-0.25, -0.2) is 8.42 Å². The van der Waals surface area contributed by atoms with Gasteiger partial charge in [0.25, 0.3) is 10.0 Å². The molecule has 0 bridgehead atoms. The Balaban J connectivity index is 1.70. The number of piperidine rings is 1. The van der Waals surface area contributed by atoms with Crippen molar-refractivity contribution >= 4 is 16.3 Å². The van der Waals surface area contributed by atoms with E-state index in [2.05, 4.69) is 4.90 Å². The summed E-state index contributed by atoms with van der Waals surface area (Å²) < 4.78 is 31.5. The monoisotopic (exact) mass is 312 g/mol. The van der Waals surface area contributed by atoms with Crippen molar-refractivity contribution in [2.24, 2.45) is 0 Å². The Bertz CT molecular complexity index is 604. The quantitative estimate of drug-likeness (QED) is 0.785. The summed E-state index contributed by atoms with van der Waals surface area (Å²) in [4.78, 5) is 13.0. The maximum absolute atomic E-state index is 12.5. The van der Waals surface area contributed by atoms with Crippen molar-refractivity contribution in [3.05, 3.63) is 17.9 Å². The summed E-state index contributed by atoms with van der Waals surface area (Å²) in [7, 11) is -3.62. The van der Waals surface area contributed by atoms with Crippen molar-refractivity contribution in [2.75, 3.05) is 26.2 Å². The standard InChI is InChI=1S/C14H20N2O4S/c17-11-13-4-5-14(20-13)21(18,19)16-9-6-12(10-16)15-7-2-1-3-8-15/h4-5,11-12H,1-3,6-10H2. The van der Waals surface area contributed by atoms with Crippen LogP contribution in [0.15, 0.2) is 21.6 Å². The van der Waals surface area contributed by atoms with Crippen molar-refractivity contribution in [2.45, 2.75) is 36.8 Å². The number of aldehydes is 1. The first-order valence-corrected chi connectivity index (χ1v) is 8.84. The summed E-state index contributed by atoms with van der Waals surface area (Å²) >= 11 is 0. The lowest BCUT2D eigenvalue weighted by molar-refractivity contribution is 0.109. The molecule has 116 valence electrons. The maximum Gasteiger partial charge on any atom is 0.276 e. The average Bonchev–Trinajstić information content (AvgIpc) is 3.18. The topological polar surface area (TPSA) is 70.8 Å². The van der Waals surface area contributed by atoms with Gasteiger partial charge in [0, 0.05) is 19.1 Å². The van der Waals surface area contributed by atoms with Crippen molar-refractivity contribution in [3.8, 4) is 0 Å². The molecular weight excluding hydrogens is 292 g/mol. The van der Waals surface area contributed by atoms with Gasteiger partial charge in [-0.05, 0) is 44.5 Å². The van der Waals surface area contributed by atoms with E-state index in [4.69, 9.17) is 4.42 Å². The normalized spacial score (nSPS) is 25.2. The smallest absolute Gasteiger partial charge is 0.276 e. The molecule has 1 aromatic heterocycles. The number of hydrogen-bond acceptors (Lipinski definition) is 5. The van der Waals surface area contributed by atoms with Crippen LogP contribution in [-0.4, -0.2) is 56.1 Å². The first-order valence-electron chi connectivity index (χ1n) is 7.40. The first kappa shape index (κ1) is 14.7. The van der Waals surface area contributed by atoms with Gasteiger partial charge in [-0.3, -0.25) is 9.69 Å². The van der Waals surface area contributed by atoms with Crippen molar-refractivity contribution in [1.29, 1.82) is 0 Å². The minimum Gasteiger partial charge on any atom is -0.440 e. The number of nitrogens with zero attached hydrogens (tertiary/aromatic N) is 2. The predicted octanol–water partition coefficient (Wildman–Crippen LogP) is 1.34. The number of carbonyl (C=O) groups excluding carboxylic acids is 1. The van der Waals surface area contributed by atoms with Crippen LogP contribution in [0.4, 0.5) is 0 Å². The van der Waals surface area contributed by atoms with E-state index in [0.29, 0.717) is 25.4 Å². The van der Waals surface area contributed by atoms with E-state index in [9.17, 15) is 13.2 Å². The van der Waals surface area contributed by atoms with E-state index in [1.165, 1.54) is 35.7 Å². The zero-order chi connectivity index (χ0) is 14.9. The Labute approximate surface area is 124 Å². The van der Waals surface area contributed by atoms with E-state index in [1.54, 1.807) is 0 Å². The second-order valence-electron chi connectivity index (χ2n) is 5.68. The third-order valence-corrected chi connectivity index (χ3v) is 6.08. The van der Waals surface area contributed by atoms with E-state index >= 15 is 0 Å². The van der Waals surface area contributed by atoms with E-state index in [-0.39, 0.29) is 10.9 Å². The molecule has 7 heteroatoms. The van der Waals surface area contributed by atoms with E-state index in [0.717, 1.165) is 19.5 Å². The molecular formula is C14H20N2O4S. The van der Waals surface area contributed by atoms with Crippen molar-refractivity contribution < 1.29 is 17.6 Å². The Hall–Kier alpha value is -1.18.